The van der Waals surface area contributed by atoms with E-state index in [1.807, 2.05) is 17.8 Å². The van der Waals surface area contributed by atoms with E-state index in [2.05, 4.69) is 5.32 Å². The highest BCUT2D eigenvalue weighted by Gasteiger charge is 2.25. The molecule has 0 saturated heterocycles. The Kier molecular flexibility index (Phi) is 4.72. The Labute approximate surface area is 125 Å². The van der Waals surface area contributed by atoms with E-state index in [-0.39, 0.29) is 12.5 Å². The van der Waals surface area contributed by atoms with Gasteiger partial charge in [0.1, 0.15) is 0 Å². The summed E-state index contributed by atoms with van der Waals surface area (Å²) in [7, 11) is 0. The zero-order valence-electron chi connectivity index (χ0n) is 11.1. The van der Waals surface area contributed by atoms with E-state index in [1.54, 1.807) is 0 Å². The average molecular weight is 315 g/mol. The summed E-state index contributed by atoms with van der Waals surface area (Å²) in [6.07, 6.45) is 0.597. The maximum absolute atomic E-state index is 12.0. The summed E-state index contributed by atoms with van der Waals surface area (Å²) in [6, 6.07) is 1.90. The predicted molar refractivity (Wildman–Crippen MR) is 79.4 cm³/mol. The Morgan fingerprint density at radius 1 is 1.50 bits per heavy atom. The van der Waals surface area contributed by atoms with E-state index in [1.165, 1.54) is 28.7 Å². The molecule has 1 aliphatic rings. The minimum absolute atomic E-state index is 0.0740. The van der Waals surface area contributed by atoms with Gasteiger partial charge in [0.2, 0.25) is 0 Å². The van der Waals surface area contributed by atoms with Gasteiger partial charge in [-0.3, -0.25) is 9.59 Å². The van der Waals surface area contributed by atoms with Crippen LogP contribution in [0.3, 0.4) is 0 Å². The highest BCUT2D eigenvalue weighted by atomic mass is 32.2. The van der Waals surface area contributed by atoms with Gasteiger partial charge in [0.05, 0.1) is 16.9 Å². The molecule has 0 radical (unpaired) electrons. The molecule has 0 fully saturated rings. The minimum Gasteiger partial charge on any atom is -0.481 e. The van der Waals surface area contributed by atoms with Crippen LogP contribution in [0.25, 0.3) is 0 Å². The van der Waals surface area contributed by atoms with Gasteiger partial charge in [-0.1, -0.05) is 0 Å². The fourth-order valence-corrected chi connectivity index (χ4v) is 4.29. The van der Waals surface area contributed by atoms with Crippen molar-refractivity contribution in [3.8, 4) is 0 Å². The topological polar surface area (TPSA) is 86.6 Å². The standard InChI is InChI=1S/C13H17NO4S2/c1-13(18,5-11(15)16)7-14-12(17)10-4-8-6-19-3-2-9(8)20-10/h4,18H,2-3,5-7H2,1H3,(H,14,17)(H,15,16). The number of carbonyl (C=O) groups is 2. The molecule has 5 nitrogen and oxygen atoms in total. The van der Waals surface area contributed by atoms with Crippen LogP contribution in [0.1, 0.15) is 33.5 Å². The molecule has 0 aromatic carbocycles. The normalized spacial score (nSPS) is 17.1. The molecule has 110 valence electrons. The van der Waals surface area contributed by atoms with Crippen LogP contribution in [0.5, 0.6) is 0 Å². The van der Waals surface area contributed by atoms with Gasteiger partial charge >= 0.3 is 5.97 Å². The van der Waals surface area contributed by atoms with Gasteiger partial charge in [-0.05, 0) is 30.7 Å². The molecule has 7 heteroatoms. The molecule has 1 aromatic rings. The van der Waals surface area contributed by atoms with E-state index in [0.717, 1.165) is 17.9 Å². The van der Waals surface area contributed by atoms with Crippen molar-refractivity contribution >= 4 is 35.0 Å². The van der Waals surface area contributed by atoms with Gasteiger partial charge in [-0.15, -0.1) is 11.3 Å². The Bertz CT molecular complexity index is 501. The first-order valence-electron chi connectivity index (χ1n) is 6.29. The summed E-state index contributed by atoms with van der Waals surface area (Å²) >= 11 is 3.34. The van der Waals surface area contributed by atoms with Crippen LogP contribution in [-0.2, 0) is 17.0 Å². The molecule has 0 saturated carbocycles. The SMILES string of the molecule is CC(O)(CNC(=O)c1cc2c(s1)CCSC2)CC(=O)O. The molecule has 1 aliphatic heterocycles. The van der Waals surface area contributed by atoms with Crippen molar-refractivity contribution in [1.29, 1.82) is 0 Å². The van der Waals surface area contributed by atoms with Gasteiger partial charge in [0.25, 0.3) is 5.91 Å². The summed E-state index contributed by atoms with van der Waals surface area (Å²) in [5, 5.41) is 21.1. The number of fused-ring (bicyclic) bond motifs is 1. The van der Waals surface area contributed by atoms with Crippen molar-refractivity contribution in [3.63, 3.8) is 0 Å². The van der Waals surface area contributed by atoms with Crippen molar-refractivity contribution in [3.05, 3.63) is 21.4 Å². The van der Waals surface area contributed by atoms with Crippen molar-refractivity contribution < 1.29 is 19.8 Å². The summed E-state index contributed by atoms with van der Waals surface area (Å²) in [6.45, 7) is 1.33. The van der Waals surface area contributed by atoms with Crippen LogP contribution in [0.4, 0.5) is 0 Å². The van der Waals surface area contributed by atoms with Crippen molar-refractivity contribution in [2.24, 2.45) is 0 Å². The summed E-state index contributed by atoms with van der Waals surface area (Å²) in [4.78, 5) is 24.5. The molecule has 2 heterocycles. The maximum Gasteiger partial charge on any atom is 0.306 e. The van der Waals surface area contributed by atoms with Crippen LogP contribution in [0, 0.1) is 0 Å². The molecule has 1 aromatic heterocycles. The van der Waals surface area contributed by atoms with E-state index in [0.29, 0.717) is 4.88 Å². The first-order chi connectivity index (χ1) is 9.37. The summed E-state index contributed by atoms with van der Waals surface area (Å²) < 4.78 is 0. The van der Waals surface area contributed by atoms with Crippen LogP contribution in [-0.4, -0.2) is 40.0 Å². The lowest BCUT2D eigenvalue weighted by molar-refractivity contribution is -0.141. The number of aliphatic carboxylic acids is 1. The van der Waals surface area contributed by atoms with E-state index >= 15 is 0 Å². The number of rotatable bonds is 5. The second kappa shape index (κ2) is 6.15. The molecule has 20 heavy (non-hydrogen) atoms. The number of carboxylic acid groups (broad SMARTS) is 1. The molecule has 1 unspecified atom stereocenters. The number of amides is 1. The number of aryl methyl sites for hydroxylation is 1. The number of aliphatic hydroxyl groups is 1. The smallest absolute Gasteiger partial charge is 0.306 e. The van der Waals surface area contributed by atoms with Crippen molar-refractivity contribution in [1.82, 2.24) is 5.32 Å². The van der Waals surface area contributed by atoms with Gasteiger partial charge in [-0.25, -0.2) is 0 Å². The molecule has 3 N–H and O–H groups in total. The quantitative estimate of drug-likeness (QED) is 0.766. The molecule has 0 bridgehead atoms. The largest absolute Gasteiger partial charge is 0.481 e. The van der Waals surface area contributed by atoms with E-state index in [4.69, 9.17) is 5.11 Å². The number of thioether (sulfide) groups is 1. The monoisotopic (exact) mass is 315 g/mol. The zero-order chi connectivity index (χ0) is 14.8. The maximum atomic E-state index is 12.0. The lowest BCUT2D eigenvalue weighted by Gasteiger charge is -2.21. The third-order valence-corrected chi connectivity index (χ3v) is 5.26. The fourth-order valence-electron chi connectivity index (χ4n) is 2.01. The number of nitrogens with one attached hydrogen (secondary N) is 1. The fraction of sp³-hybridized carbons (Fsp3) is 0.538. The number of thiophene rings is 1. The Balaban J connectivity index is 1.95. The first kappa shape index (κ1) is 15.3. The van der Waals surface area contributed by atoms with Crippen LogP contribution >= 0.6 is 23.1 Å². The molecule has 2 rings (SSSR count). The molecule has 0 aliphatic carbocycles. The molecule has 1 amide bonds. The molecule has 0 spiro atoms. The minimum atomic E-state index is -1.44. The van der Waals surface area contributed by atoms with Gasteiger partial charge in [0.15, 0.2) is 0 Å². The Hall–Kier alpha value is -1.05. The van der Waals surface area contributed by atoms with Gasteiger partial charge in [-0.2, -0.15) is 11.8 Å². The number of carbonyl (C=O) groups excluding carboxylic acids is 1. The number of hydrogen-bond acceptors (Lipinski definition) is 5. The van der Waals surface area contributed by atoms with Gasteiger partial charge < -0.3 is 15.5 Å². The highest BCUT2D eigenvalue weighted by Crippen LogP contribution is 2.31. The zero-order valence-corrected chi connectivity index (χ0v) is 12.8. The van der Waals surface area contributed by atoms with Crippen LogP contribution < -0.4 is 5.32 Å². The van der Waals surface area contributed by atoms with Crippen molar-refractivity contribution in [2.45, 2.75) is 31.1 Å². The van der Waals surface area contributed by atoms with Gasteiger partial charge in [0, 0.05) is 17.2 Å². The van der Waals surface area contributed by atoms with E-state index in [9.17, 15) is 14.7 Å². The lowest BCUT2D eigenvalue weighted by atomic mass is 10.0. The number of hydrogen-bond donors (Lipinski definition) is 3. The lowest BCUT2D eigenvalue weighted by Crippen LogP contribution is -2.41. The van der Waals surface area contributed by atoms with Crippen LogP contribution in [0.2, 0.25) is 0 Å². The highest BCUT2D eigenvalue weighted by molar-refractivity contribution is 7.98. The molecular weight excluding hydrogens is 298 g/mol. The Morgan fingerprint density at radius 3 is 2.90 bits per heavy atom. The predicted octanol–water partition coefficient (Wildman–Crippen LogP) is 1.49. The third-order valence-electron chi connectivity index (χ3n) is 3.01. The average Bonchev–Trinajstić information content (AvgIpc) is 2.78. The Morgan fingerprint density at radius 2 is 2.25 bits per heavy atom. The van der Waals surface area contributed by atoms with Crippen molar-refractivity contribution in [2.75, 3.05) is 12.3 Å². The number of carboxylic acids is 1. The second-order valence-electron chi connectivity index (χ2n) is 5.11. The molecule has 1 atom stereocenters. The second-order valence-corrected chi connectivity index (χ2v) is 7.35. The van der Waals surface area contributed by atoms with Crippen LogP contribution in [0.15, 0.2) is 6.07 Å². The summed E-state index contributed by atoms with van der Waals surface area (Å²) in [5.74, 6) is 0.686. The summed E-state index contributed by atoms with van der Waals surface area (Å²) in [5.41, 5.74) is -0.220. The molecular formula is C13H17NO4S2. The first-order valence-corrected chi connectivity index (χ1v) is 8.26. The van der Waals surface area contributed by atoms with E-state index < -0.39 is 18.0 Å². The third kappa shape index (κ3) is 3.97.